The molecule has 100 valence electrons. The number of rotatable bonds is 5. The van der Waals surface area contributed by atoms with Crippen molar-refractivity contribution in [1.29, 1.82) is 0 Å². The Balaban J connectivity index is 3.01. The number of halogens is 1. The van der Waals surface area contributed by atoms with E-state index in [9.17, 15) is 9.18 Å². The quantitative estimate of drug-likeness (QED) is 0.815. The summed E-state index contributed by atoms with van der Waals surface area (Å²) in [6.07, 6.45) is 0. The number of ether oxygens (including phenoxy) is 1. The van der Waals surface area contributed by atoms with Crippen LogP contribution in [0.1, 0.15) is 22.8 Å². The summed E-state index contributed by atoms with van der Waals surface area (Å²) >= 11 is 0. The summed E-state index contributed by atoms with van der Waals surface area (Å²) in [6, 6.07) is 2.89. The van der Waals surface area contributed by atoms with Gasteiger partial charge in [0.15, 0.2) is 0 Å². The highest BCUT2D eigenvalue weighted by Gasteiger charge is 2.19. The van der Waals surface area contributed by atoms with Crippen LogP contribution in [-0.2, 0) is 4.74 Å². The van der Waals surface area contributed by atoms with Gasteiger partial charge in [-0.25, -0.2) is 4.39 Å². The number of nitrogen functional groups attached to an aromatic ring is 1. The number of aryl methyl sites for hydroxylation is 1. The molecule has 4 nitrogen and oxygen atoms in total. The summed E-state index contributed by atoms with van der Waals surface area (Å²) in [6.45, 7) is 4.77. The van der Waals surface area contributed by atoms with Crippen molar-refractivity contribution in [2.45, 2.75) is 13.8 Å². The van der Waals surface area contributed by atoms with E-state index in [1.54, 1.807) is 14.0 Å². The number of benzene rings is 1. The van der Waals surface area contributed by atoms with Crippen LogP contribution in [0, 0.1) is 12.7 Å². The fourth-order valence-corrected chi connectivity index (χ4v) is 1.73. The minimum Gasteiger partial charge on any atom is -0.399 e. The molecule has 0 unspecified atom stereocenters. The zero-order valence-electron chi connectivity index (χ0n) is 11.0. The minimum atomic E-state index is -0.509. The average molecular weight is 254 g/mol. The van der Waals surface area contributed by atoms with Gasteiger partial charge in [0.1, 0.15) is 5.82 Å². The van der Waals surface area contributed by atoms with Gasteiger partial charge in [-0.2, -0.15) is 0 Å². The summed E-state index contributed by atoms with van der Waals surface area (Å²) in [4.78, 5) is 13.7. The molecular formula is C13H19FN2O2. The molecular weight excluding hydrogens is 235 g/mol. The van der Waals surface area contributed by atoms with E-state index in [-0.39, 0.29) is 11.5 Å². The Morgan fingerprint density at radius 1 is 1.50 bits per heavy atom. The molecule has 0 saturated carbocycles. The van der Waals surface area contributed by atoms with Crippen molar-refractivity contribution in [3.63, 3.8) is 0 Å². The molecule has 1 aromatic carbocycles. The van der Waals surface area contributed by atoms with Crippen LogP contribution < -0.4 is 5.73 Å². The van der Waals surface area contributed by atoms with E-state index in [1.165, 1.54) is 17.0 Å². The molecule has 5 heteroatoms. The van der Waals surface area contributed by atoms with E-state index < -0.39 is 5.82 Å². The second kappa shape index (κ2) is 6.35. The van der Waals surface area contributed by atoms with Crippen molar-refractivity contribution in [1.82, 2.24) is 4.90 Å². The predicted molar refractivity (Wildman–Crippen MR) is 69.0 cm³/mol. The number of methoxy groups -OCH3 is 1. The molecule has 0 saturated heterocycles. The highest BCUT2D eigenvalue weighted by Crippen LogP contribution is 2.18. The van der Waals surface area contributed by atoms with Gasteiger partial charge in [-0.3, -0.25) is 4.79 Å². The Morgan fingerprint density at radius 3 is 2.72 bits per heavy atom. The molecule has 0 aromatic heterocycles. The first kappa shape index (κ1) is 14.4. The summed E-state index contributed by atoms with van der Waals surface area (Å²) in [5.41, 5.74) is 6.43. The lowest BCUT2D eigenvalue weighted by atomic mass is 10.1. The largest absolute Gasteiger partial charge is 0.399 e. The van der Waals surface area contributed by atoms with Gasteiger partial charge in [-0.15, -0.1) is 0 Å². The minimum absolute atomic E-state index is 0.0189. The lowest BCUT2D eigenvalue weighted by molar-refractivity contribution is 0.0701. The number of hydrogen-bond donors (Lipinski definition) is 1. The third-order valence-electron chi connectivity index (χ3n) is 2.74. The average Bonchev–Trinajstić information content (AvgIpc) is 2.34. The number of carbonyl (C=O) groups excluding carboxylic acids is 1. The number of amides is 1. The second-order valence-electron chi connectivity index (χ2n) is 4.08. The highest BCUT2D eigenvalue weighted by molar-refractivity contribution is 5.95. The fraction of sp³-hybridized carbons (Fsp3) is 0.462. The van der Waals surface area contributed by atoms with Crippen molar-refractivity contribution in [2.75, 3.05) is 32.5 Å². The van der Waals surface area contributed by atoms with E-state index in [0.29, 0.717) is 30.9 Å². The maximum atomic E-state index is 13.9. The zero-order valence-corrected chi connectivity index (χ0v) is 11.0. The Morgan fingerprint density at radius 2 is 2.17 bits per heavy atom. The van der Waals surface area contributed by atoms with Gasteiger partial charge in [-0.05, 0) is 31.5 Å². The van der Waals surface area contributed by atoms with Crippen LogP contribution in [0.25, 0.3) is 0 Å². The SMILES string of the molecule is CCN(CCOC)C(=O)c1cc(N)cc(C)c1F. The van der Waals surface area contributed by atoms with Crippen molar-refractivity contribution in [2.24, 2.45) is 0 Å². The molecule has 18 heavy (non-hydrogen) atoms. The molecule has 2 N–H and O–H groups in total. The number of anilines is 1. The Kier molecular flexibility index (Phi) is 5.09. The Hall–Kier alpha value is -1.62. The van der Waals surface area contributed by atoms with Crippen LogP contribution in [0.15, 0.2) is 12.1 Å². The molecule has 1 aromatic rings. The van der Waals surface area contributed by atoms with Gasteiger partial charge in [0.2, 0.25) is 0 Å². The van der Waals surface area contributed by atoms with Crippen LogP contribution >= 0.6 is 0 Å². The topological polar surface area (TPSA) is 55.6 Å². The summed E-state index contributed by atoms with van der Waals surface area (Å²) in [7, 11) is 1.56. The van der Waals surface area contributed by atoms with Gasteiger partial charge in [-0.1, -0.05) is 0 Å². The lowest BCUT2D eigenvalue weighted by Gasteiger charge is -2.21. The number of carbonyl (C=O) groups is 1. The maximum Gasteiger partial charge on any atom is 0.256 e. The van der Waals surface area contributed by atoms with E-state index in [0.717, 1.165) is 0 Å². The standard InChI is InChI=1S/C13H19FN2O2/c1-4-16(5-6-18-3)13(17)11-8-10(15)7-9(2)12(11)14/h7-8H,4-6,15H2,1-3H3. The van der Waals surface area contributed by atoms with Crippen molar-refractivity contribution >= 4 is 11.6 Å². The van der Waals surface area contributed by atoms with Crippen molar-refractivity contribution in [3.8, 4) is 0 Å². The number of nitrogens with zero attached hydrogens (tertiary/aromatic N) is 1. The number of likely N-dealkylation sites (N-methyl/N-ethyl adjacent to an activating group) is 1. The Bertz CT molecular complexity index is 435. The van der Waals surface area contributed by atoms with Crippen LogP contribution in [0.3, 0.4) is 0 Å². The predicted octanol–water partition coefficient (Wildman–Crippen LogP) is 1.82. The number of nitrogens with two attached hydrogens (primary N) is 1. The van der Waals surface area contributed by atoms with E-state index in [1.807, 2.05) is 6.92 Å². The molecule has 0 radical (unpaired) electrons. The van der Waals surface area contributed by atoms with Crippen molar-refractivity contribution < 1.29 is 13.9 Å². The van der Waals surface area contributed by atoms with Gasteiger partial charge < -0.3 is 15.4 Å². The van der Waals surface area contributed by atoms with Crippen molar-refractivity contribution in [3.05, 3.63) is 29.1 Å². The summed E-state index contributed by atoms with van der Waals surface area (Å²) < 4.78 is 18.8. The third-order valence-corrected chi connectivity index (χ3v) is 2.74. The molecule has 0 heterocycles. The van der Waals surface area contributed by atoms with E-state index >= 15 is 0 Å². The van der Waals surface area contributed by atoms with Crippen LogP contribution in [0.2, 0.25) is 0 Å². The zero-order chi connectivity index (χ0) is 13.7. The molecule has 0 bridgehead atoms. The second-order valence-corrected chi connectivity index (χ2v) is 4.08. The van der Waals surface area contributed by atoms with Crippen LogP contribution in [-0.4, -0.2) is 37.6 Å². The fourth-order valence-electron chi connectivity index (χ4n) is 1.73. The Labute approximate surface area is 107 Å². The molecule has 1 amide bonds. The first-order valence-electron chi connectivity index (χ1n) is 5.85. The van der Waals surface area contributed by atoms with Gasteiger partial charge in [0, 0.05) is 25.9 Å². The molecule has 0 spiro atoms. The van der Waals surface area contributed by atoms with Gasteiger partial charge in [0.05, 0.1) is 12.2 Å². The third kappa shape index (κ3) is 3.20. The normalized spacial score (nSPS) is 10.4. The van der Waals surface area contributed by atoms with Crippen LogP contribution in [0.4, 0.5) is 10.1 Å². The molecule has 0 atom stereocenters. The first-order valence-corrected chi connectivity index (χ1v) is 5.85. The monoisotopic (exact) mass is 254 g/mol. The summed E-state index contributed by atoms with van der Waals surface area (Å²) in [5.74, 6) is -0.868. The molecule has 1 rings (SSSR count). The van der Waals surface area contributed by atoms with Gasteiger partial charge >= 0.3 is 0 Å². The maximum absolute atomic E-state index is 13.9. The van der Waals surface area contributed by atoms with E-state index in [4.69, 9.17) is 10.5 Å². The smallest absolute Gasteiger partial charge is 0.256 e. The first-order chi connectivity index (χ1) is 8.51. The molecule has 0 aliphatic carbocycles. The lowest BCUT2D eigenvalue weighted by Crippen LogP contribution is -2.34. The highest BCUT2D eigenvalue weighted by atomic mass is 19.1. The molecule has 0 aliphatic heterocycles. The molecule has 0 aliphatic rings. The van der Waals surface area contributed by atoms with E-state index in [2.05, 4.69) is 0 Å². The molecule has 0 fully saturated rings. The number of hydrogen-bond acceptors (Lipinski definition) is 3. The van der Waals surface area contributed by atoms with Gasteiger partial charge in [0.25, 0.3) is 5.91 Å². The van der Waals surface area contributed by atoms with Crippen LogP contribution in [0.5, 0.6) is 0 Å². The summed E-state index contributed by atoms with van der Waals surface area (Å²) in [5, 5.41) is 0.